The molecule has 0 bridgehead atoms. The van der Waals surface area contributed by atoms with Gasteiger partial charge >= 0.3 is 0 Å². The van der Waals surface area contributed by atoms with E-state index in [2.05, 4.69) is 31.2 Å². The molecule has 0 aliphatic heterocycles. The molecule has 1 heteroatoms. The first-order valence-electron chi connectivity index (χ1n) is 5.59. The summed E-state index contributed by atoms with van der Waals surface area (Å²) in [6.07, 6.45) is 6.49. The predicted octanol–water partition coefficient (Wildman–Crippen LogP) is 3.59. The summed E-state index contributed by atoms with van der Waals surface area (Å²) in [5.41, 5.74) is 9.74. The zero-order valence-corrected chi connectivity index (χ0v) is 9.05. The third-order valence-corrected chi connectivity index (χ3v) is 2.55. The normalized spacial score (nSPS) is 10.4. The SMILES string of the molecule is CCCCCCc1ccc(C[NH])cc1. The van der Waals surface area contributed by atoms with Crippen molar-refractivity contribution in [3.05, 3.63) is 35.4 Å². The Hall–Kier alpha value is -0.820. The summed E-state index contributed by atoms with van der Waals surface area (Å²) in [5, 5.41) is 0. The van der Waals surface area contributed by atoms with Gasteiger partial charge in [0.2, 0.25) is 0 Å². The molecule has 0 aliphatic rings. The van der Waals surface area contributed by atoms with Crippen molar-refractivity contribution in [3.8, 4) is 0 Å². The quantitative estimate of drug-likeness (QED) is 0.612. The highest BCUT2D eigenvalue weighted by molar-refractivity contribution is 5.22. The van der Waals surface area contributed by atoms with Crippen LogP contribution in [0.2, 0.25) is 0 Å². The largest absolute Gasteiger partial charge is 0.253 e. The summed E-state index contributed by atoms with van der Waals surface area (Å²) in [6, 6.07) is 8.47. The van der Waals surface area contributed by atoms with E-state index in [1.807, 2.05) is 0 Å². The van der Waals surface area contributed by atoms with E-state index in [0.717, 1.165) is 5.56 Å². The van der Waals surface area contributed by atoms with Gasteiger partial charge in [0.05, 0.1) is 0 Å². The lowest BCUT2D eigenvalue weighted by molar-refractivity contribution is 0.667. The van der Waals surface area contributed by atoms with E-state index in [4.69, 9.17) is 5.73 Å². The molecule has 0 unspecified atom stereocenters. The standard InChI is InChI=1S/C13H20N/c1-2-3-4-5-6-12-7-9-13(11-14)10-8-12/h7-10,14H,2-6,11H2,1H3. The monoisotopic (exact) mass is 190 g/mol. The fourth-order valence-electron chi connectivity index (χ4n) is 1.58. The van der Waals surface area contributed by atoms with Crippen LogP contribution in [0, 0.1) is 0 Å². The van der Waals surface area contributed by atoms with Crippen LogP contribution in [0.1, 0.15) is 43.7 Å². The Kier molecular flexibility index (Phi) is 5.31. The summed E-state index contributed by atoms with van der Waals surface area (Å²) < 4.78 is 0. The maximum absolute atomic E-state index is 7.21. The van der Waals surface area contributed by atoms with Crippen LogP contribution in [0.15, 0.2) is 24.3 Å². The molecule has 1 radical (unpaired) electrons. The van der Waals surface area contributed by atoms with Gasteiger partial charge in [0.15, 0.2) is 0 Å². The summed E-state index contributed by atoms with van der Waals surface area (Å²) in [5.74, 6) is 0. The van der Waals surface area contributed by atoms with Crippen molar-refractivity contribution in [2.24, 2.45) is 0 Å². The zero-order chi connectivity index (χ0) is 10.2. The Morgan fingerprint density at radius 1 is 0.929 bits per heavy atom. The molecule has 0 saturated heterocycles. The number of hydrogen-bond donors (Lipinski definition) is 0. The van der Waals surface area contributed by atoms with Gasteiger partial charge < -0.3 is 0 Å². The molecule has 1 aromatic carbocycles. The van der Waals surface area contributed by atoms with Gasteiger partial charge in [-0.3, -0.25) is 5.73 Å². The molecule has 1 N–H and O–H groups in total. The van der Waals surface area contributed by atoms with Crippen molar-refractivity contribution < 1.29 is 0 Å². The highest BCUT2D eigenvalue weighted by Gasteiger charge is 1.94. The lowest BCUT2D eigenvalue weighted by atomic mass is 10.0. The number of benzene rings is 1. The van der Waals surface area contributed by atoms with Crippen molar-refractivity contribution in [2.75, 3.05) is 0 Å². The molecule has 0 aliphatic carbocycles. The van der Waals surface area contributed by atoms with Crippen molar-refractivity contribution >= 4 is 0 Å². The smallest absolute Gasteiger partial charge is 0.0351 e. The van der Waals surface area contributed by atoms with E-state index in [-0.39, 0.29) is 0 Å². The third-order valence-electron chi connectivity index (χ3n) is 2.55. The Labute approximate surface area is 87.3 Å². The molecular formula is C13H20N. The second-order valence-electron chi connectivity index (χ2n) is 3.80. The number of rotatable bonds is 6. The van der Waals surface area contributed by atoms with Gasteiger partial charge in [-0.05, 0) is 24.0 Å². The minimum atomic E-state index is 0.399. The first-order chi connectivity index (χ1) is 6.86. The fourth-order valence-corrected chi connectivity index (χ4v) is 1.58. The molecule has 77 valence electrons. The molecule has 0 heterocycles. The van der Waals surface area contributed by atoms with E-state index in [1.165, 1.54) is 37.7 Å². The molecule has 14 heavy (non-hydrogen) atoms. The molecule has 0 fully saturated rings. The van der Waals surface area contributed by atoms with E-state index < -0.39 is 0 Å². The van der Waals surface area contributed by atoms with Gasteiger partial charge in [0.25, 0.3) is 0 Å². The average Bonchev–Trinajstić information content (AvgIpc) is 2.25. The predicted molar refractivity (Wildman–Crippen MR) is 61.1 cm³/mol. The molecule has 1 rings (SSSR count). The number of unbranched alkanes of at least 4 members (excludes halogenated alkanes) is 3. The first-order valence-corrected chi connectivity index (χ1v) is 5.59. The minimum Gasteiger partial charge on any atom is -0.253 e. The van der Waals surface area contributed by atoms with Gasteiger partial charge in [0.1, 0.15) is 0 Å². The summed E-state index contributed by atoms with van der Waals surface area (Å²) >= 11 is 0. The van der Waals surface area contributed by atoms with Gasteiger partial charge in [-0.1, -0.05) is 50.5 Å². The van der Waals surface area contributed by atoms with E-state index in [9.17, 15) is 0 Å². The number of hydrogen-bond acceptors (Lipinski definition) is 0. The molecular weight excluding hydrogens is 170 g/mol. The Bertz CT molecular complexity index is 238. The number of aryl methyl sites for hydroxylation is 1. The number of nitrogens with one attached hydrogen (secondary N) is 1. The molecule has 0 spiro atoms. The minimum absolute atomic E-state index is 0.399. The molecule has 1 aromatic rings. The topological polar surface area (TPSA) is 23.8 Å². The van der Waals surface area contributed by atoms with Crippen molar-refractivity contribution in [1.29, 1.82) is 0 Å². The van der Waals surface area contributed by atoms with Crippen LogP contribution in [0.5, 0.6) is 0 Å². The van der Waals surface area contributed by atoms with Crippen LogP contribution < -0.4 is 5.73 Å². The van der Waals surface area contributed by atoms with Gasteiger partial charge in [-0.25, -0.2) is 0 Å². The van der Waals surface area contributed by atoms with Crippen LogP contribution in [0.3, 0.4) is 0 Å². The van der Waals surface area contributed by atoms with Gasteiger partial charge in [-0.15, -0.1) is 0 Å². The maximum atomic E-state index is 7.21. The van der Waals surface area contributed by atoms with Crippen LogP contribution in [0.4, 0.5) is 0 Å². The summed E-state index contributed by atoms with van der Waals surface area (Å²) in [4.78, 5) is 0. The third kappa shape index (κ3) is 3.93. The second kappa shape index (κ2) is 6.61. The van der Waals surface area contributed by atoms with Crippen molar-refractivity contribution in [2.45, 2.75) is 45.6 Å². The second-order valence-corrected chi connectivity index (χ2v) is 3.80. The lowest BCUT2D eigenvalue weighted by Crippen LogP contribution is -1.88. The summed E-state index contributed by atoms with van der Waals surface area (Å²) in [6.45, 7) is 2.64. The maximum Gasteiger partial charge on any atom is 0.0351 e. The van der Waals surface area contributed by atoms with Crippen molar-refractivity contribution in [1.82, 2.24) is 5.73 Å². The van der Waals surface area contributed by atoms with Crippen LogP contribution in [0.25, 0.3) is 0 Å². The van der Waals surface area contributed by atoms with E-state index in [1.54, 1.807) is 0 Å². The molecule has 0 saturated carbocycles. The Morgan fingerprint density at radius 3 is 2.14 bits per heavy atom. The molecule has 0 aromatic heterocycles. The van der Waals surface area contributed by atoms with E-state index in [0.29, 0.717) is 6.54 Å². The fraction of sp³-hybridized carbons (Fsp3) is 0.538. The van der Waals surface area contributed by atoms with Crippen LogP contribution in [-0.4, -0.2) is 0 Å². The van der Waals surface area contributed by atoms with Crippen LogP contribution >= 0.6 is 0 Å². The van der Waals surface area contributed by atoms with Gasteiger partial charge in [-0.2, -0.15) is 0 Å². The first kappa shape index (κ1) is 11.3. The average molecular weight is 190 g/mol. The highest BCUT2D eigenvalue weighted by Crippen LogP contribution is 2.09. The zero-order valence-electron chi connectivity index (χ0n) is 9.05. The summed E-state index contributed by atoms with van der Waals surface area (Å²) in [7, 11) is 0. The molecule has 0 amide bonds. The van der Waals surface area contributed by atoms with Gasteiger partial charge in [0, 0.05) is 6.54 Å². The molecule has 0 atom stereocenters. The Morgan fingerprint density at radius 2 is 1.57 bits per heavy atom. The lowest BCUT2D eigenvalue weighted by Gasteiger charge is -2.02. The van der Waals surface area contributed by atoms with Crippen LogP contribution in [-0.2, 0) is 13.0 Å². The van der Waals surface area contributed by atoms with Crippen molar-refractivity contribution in [3.63, 3.8) is 0 Å². The Balaban J connectivity index is 2.29. The van der Waals surface area contributed by atoms with E-state index >= 15 is 0 Å². The highest BCUT2D eigenvalue weighted by atomic mass is 14.5. The molecule has 1 nitrogen and oxygen atoms in total.